The number of hydrogen-bond acceptors (Lipinski definition) is 6. The topological polar surface area (TPSA) is 111 Å². The summed E-state index contributed by atoms with van der Waals surface area (Å²) in [5.41, 5.74) is 7.99. The second-order valence-corrected chi connectivity index (χ2v) is 8.18. The van der Waals surface area contributed by atoms with Crippen molar-refractivity contribution in [2.24, 2.45) is 5.73 Å². The van der Waals surface area contributed by atoms with Gasteiger partial charge in [0.2, 0.25) is 0 Å². The van der Waals surface area contributed by atoms with E-state index in [4.69, 9.17) is 15.5 Å². The Labute approximate surface area is 191 Å². The number of carbonyl (C=O) groups excluding carboxylic acids is 2. The molecule has 1 amide bonds. The average Bonchev–Trinajstić information content (AvgIpc) is 3.18. The molecular formula is C24H28FN5O3. The molecule has 0 atom stereocenters. The average molecular weight is 454 g/mol. The number of nitrogens with two attached hydrogens (primary N) is 1. The van der Waals surface area contributed by atoms with Crippen LogP contribution in [0.1, 0.15) is 43.0 Å². The highest BCUT2D eigenvalue weighted by Crippen LogP contribution is 2.30. The van der Waals surface area contributed by atoms with Gasteiger partial charge in [-0.25, -0.2) is 9.37 Å². The molecule has 0 aliphatic heterocycles. The predicted octanol–water partition coefficient (Wildman–Crippen LogP) is 3.12. The molecule has 0 radical (unpaired) electrons. The van der Waals surface area contributed by atoms with E-state index < -0.39 is 5.97 Å². The Kier molecular flexibility index (Phi) is 6.88. The zero-order valence-electron chi connectivity index (χ0n) is 18.5. The Morgan fingerprint density at radius 1 is 1.18 bits per heavy atom. The SMILES string of the molecule is CCOC(=O)CNc1c(-c2ccc(F)cc2)nc2c(C(=O)NC3CCC(N)CC3)cccn12. The Hall–Kier alpha value is -3.46. The van der Waals surface area contributed by atoms with Crippen LogP contribution in [0.2, 0.25) is 0 Å². The third-order valence-electron chi connectivity index (χ3n) is 5.82. The first-order valence-corrected chi connectivity index (χ1v) is 11.2. The Morgan fingerprint density at radius 3 is 2.61 bits per heavy atom. The Bertz CT molecular complexity index is 1140. The van der Waals surface area contributed by atoms with Crippen molar-refractivity contribution < 1.29 is 18.7 Å². The summed E-state index contributed by atoms with van der Waals surface area (Å²) in [6.45, 7) is 1.93. The first-order chi connectivity index (χ1) is 16.0. The molecule has 2 heterocycles. The van der Waals surface area contributed by atoms with E-state index in [2.05, 4.69) is 10.6 Å². The highest BCUT2D eigenvalue weighted by Gasteiger charge is 2.24. The minimum atomic E-state index is -0.415. The molecule has 0 saturated heterocycles. The summed E-state index contributed by atoms with van der Waals surface area (Å²) >= 11 is 0. The molecule has 0 unspecified atom stereocenters. The first-order valence-electron chi connectivity index (χ1n) is 11.2. The van der Waals surface area contributed by atoms with E-state index in [0.717, 1.165) is 25.7 Å². The Morgan fingerprint density at radius 2 is 1.91 bits per heavy atom. The molecule has 4 rings (SSSR count). The van der Waals surface area contributed by atoms with Gasteiger partial charge in [0.15, 0.2) is 5.65 Å². The lowest BCUT2D eigenvalue weighted by Gasteiger charge is -2.26. The summed E-state index contributed by atoms with van der Waals surface area (Å²) in [5, 5.41) is 6.17. The van der Waals surface area contributed by atoms with Gasteiger partial charge in [-0.05, 0) is 69.0 Å². The highest BCUT2D eigenvalue weighted by molar-refractivity contribution is 6.01. The highest BCUT2D eigenvalue weighted by atomic mass is 19.1. The number of amides is 1. The molecule has 0 bridgehead atoms. The van der Waals surface area contributed by atoms with Gasteiger partial charge in [-0.3, -0.25) is 14.0 Å². The summed E-state index contributed by atoms with van der Waals surface area (Å²) in [7, 11) is 0. The van der Waals surface area contributed by atoms with Gasteiger partial charge >= 0.3 is 5.97 Å². The molecule has 8 nitrogen and oxygen atoms in total. The maximum Gasteiger partial charge on any atom is 0.325 e. The first kappa shape index (κ1) is 22.7. The standard InChI is InChI=1S/C24H28FN5O3/c1-2-33-20(31)14-27-23-21(15-5-7-16(25)8-6-15)29-22-19(4-3-13-30(22)23)24(32)28-18-11-9-17(26)10-12-18/h3-8,13,17-18,27H,2,9-12,14,26H2,1H3,(H,28,32). The Balaban J connectivity index is 1.69. The number of ether oxygens (including phenoxy) is 1. The zero-order valence-corrected chi connectivity index (χ0v) is 18.5. The van der Waals surface area contributed by atoms with Crippen LogP contribution >= 0.6 is 0 Å². The molecule has 1 aliphatic rings. The molecule has 3 aromatic rings. The number of halogens is 1. The minimum Gasteiger partial charge on any atom is -0.465 e. The number of benzene rings is 1. The molecular weight excluding hydrogens is 425 g/mol. The summed E-state index contributed by atoms with van der Waals surface area (Å²) < 4.78 is 20.2. The zero-order chi connectivity index (χ0) is 23.4. The van der Waals surface area contributed by atoms with E-state index in [9.17, 15) is 14.0 Å². The maximum absolute atomic E-state index is 13.5. The van der Waals surface area contributed by atoms with Crippen molar-refractivity contribution in [3.05, 3.63) is 54.0 Å². The fourth-order valence-corrected chi connectivity index (χ4v) is 4.12. The molecule has 4 N–H and O–H groups in total. The van der Waals surface area contributed by atoms with Crippen molar-refractivity contribution in [2.75, 3.05) is 18.5 Å². The number of nitrogens with zero attached hydrogens (tertiary/aromatic N) is 2. The maximum atomic E-state index is 13.5. The van der Waals surface area contributed by atoms with Gasteiger partial charge in [-0.15, -0.1) is 0 Å². The summed E-state index contributed by atoms with van der Waals surface area (Å²) in [4.78, 5) is 29.8. The van der Waals surface area contributed by atoms with Crippen LogP contribution in [0.25, 0.3) is 16.9 Å². The molecule has 1 fully saturated rings. The summed E-state index contributed by atoms with van der Waals surface area (Å²) in [6.07, 6.45) is 5.22. The smallest absolute Gasteiger partial charge is 0.325 e. The van der Waals surface area contributed by atoms with E-state index in [-0.39, 0.29) is 37.0 Å². The molecule has 9 heteroatoms. The quantitative estimate of drug-likeness (QED) is 0.474. The van der Waals surface area contributed by atoms with Crippen LogP contribution < -0.4 is 16.4 Å². The van der Waals surface area contributed by atoms with Crippen LogP contribution in [0.4, 0.5) is 10.2 Å². The molecule has 174 valence electrons. The van der Waals surface area contributed by atoms with E-state index in [1.807, 2.05) is 0 Å². The minimum absolute atomic E-state index is 0.0745. The number of rotatable bonds is 7. The lowest BCUT2D eigenvalue weighted by molar-refractivity contribution is -0.140. The van der Waals surface area contributed by atoms with Crippen molar-refractivity contribution in [3.63, 3.8) is 0 Å². The number of carbonyl (C=O) groups is 2. The van der Waals surface area contributed by atoms with Crippen molar-refractivity contribution in [3.8, 4) is 11.3 Å². The van der Waals surface area contributed by atoms with Crippen LogP contribution in [0.15, 0.2) is 42.6 Å². The second-order valence-electron chi connectivity index (χ2n) is 8.18. The molecule has 2 aromatic heterocycles. The third-order valence-corrected chi connectivity index (χ3v) is 5.82. The monoisotopic (exact) mass is 453 g/mol. The van der Waals surface area contributed by atoms with Crippen LogP contribution in [-0.4, -0.2) is 46.5 Å². The van der Waals surface area contributed by atoms with Crippen molar-refractivity contribution in [2.45, 2.75) is 44.7 Å². The number of esters is 1. The van der Waals surface area contributed by atoms with Gasteiger partial charge in [-0.2, -0.15) is 0 Å². The number of pyridine rings is 1. The van der Waals surface area contributed by atoms with Gasteiger partial charge in [0.25, 0.3) is 5.91 Å². The lowest BCUT2D eigenvalue weighted by Crippen LogP contribution is -2.40. The number of anilines is 1. The van der Waals surface area contributed by atoms with Crippen LogP contribution in [0, 0.1) is 5.82 Å². The number of imidazole rings is 1. The fourth-order valence-electron chi connectivity index (χ4n) is 4.12. The molecule has 33 heavy (non-hydrogen) atoms. The van der Waals surface area contributed by atoms with Gasteiger partial charge in [0, 0.05) is 23.8 Å². The lowest BCUT2D eigenvalue weighted by atomic mass is 9.91. The molecule has 1 saturated carbocycles. The van der Waals surface area contributed by atoms with Gasteiger partial charge < -0.3 is 21.1 Å². The molecule has 1 aromatic carbocycles. The van der Waals surface area contributed by atoms with Crippen LogP contribution in [0.3, 0.4) is 0 Å². The van der Waals surface area contributed by atoms with E-state index in [1.54, 1.807) is 41.8 Å². The van der Waals surface area contributed by atoms with Gasteiger partial charge in [0.1, 0.15) is 23.9 Å². The summed E-state index contributed by atoms with van der Waals surface area (Å²) in [6, 6.07) is 9.65. The van der Waals surface area contributed by atoms with Gasteiger partial charge in [0.05, 0.1) is 12.2 Å². The molecule has 1 aliphatic carbocycles. The molecule has 0 spiro atoms. The number of fused-ring (bicyclic) bond motifs is 1. The normalized spacial score (nSPS) is 18.2. The number of nitrogens with one attached hydrogen (secondary N) is 2. The largest absolute Gasteiger partial charge is 0.465 e. The van der Waals surface area contributed by atoms with Crippen molar-refractivity contribution in [1.29, 1.82) is 0 Å². The third kappa shape index (κ3) is 5.14. The number of aromatic nitrogens is 2. The summed E-state index contributed by atoms with van der Waals surface area (Å²) in [5.74, 6) is -0.477. The fraction of sp³-hybridized carbons (Fsp3) is 0.375. The number of hydrogen-bond donors (Lipinski definition) is 3. The van der Waals surface area contributed by atoms with E-state index >= 15 is 0 Å². The van der Waals surface area contributed by atoms with E-state index in [0.29, 0.717) is 28.3 Å². The van der Waals surface area contributed by atoms with Crippen LogP contribution in [-0.2, 0) is 9.53 Å². The van der Waals surface area contributed by atoms with Crippen LogP contribution in [0.5, 0.6) is 0 Å². The van der Waals surface area contributed by atoms with Gasteiger partial charge in [-0.1, -0.05) is 0 Å². The van der Waals surface area contributed by atoms with Crippen molar-refractivity contribution in [1.82, 2.24) is 14.7 Å². The second kappa shape index (κ2) is 9.99. The van der Waals surface area contributed by atoms with E-state index in [1.165, 1.54) is 12.1 Å². The predicted molar refractivity (Wildman–Crippen MR) is 123 cm³/mol. The van der Waals surface area contributed by atoms with Crippen molar-refractivity contribution >= 4 is 23.3 Å².